The second-order valence-electron chi connectivity index (χ2n) is 2.21. The third-order valence-corrected chi connectivity index (χ3v) is 1.63. The zero-order chi connectivity index (χ0) is 9.14. The van der Waals surface area contributed by atoms with Crippen LogP contribution in [-0.4, -0.2) is 5.24 Å². The van der Waals surface area contributed by atoms with Crippen molar-refractivity contribution >= 4 is 16.8 Å². The molecular weight excluding hydrogens is 186 g/mol. The van der Waals surface area contributed by atoms with Crippen LogP contribution in [0.4, 0.5) is 8.78 Å². The molecule has 0 amide bonds. The van der Waals surface area contributed by atoms with Crippen molar-refractivity contribution in [3.63, 3.8) is 0 Å². The fourth-order valence-electron chi connectivity index (χ4n) is 0.865. The number of rotatable bonds is 2. The lowest BCUT2D eigenvalue weighted by Crippen LogP contribution is -1.96. The van der Waals surface area contributed by atoms with Crippen LogP contribution in [0.25, 0.3) is 0 Å². The predicted octanol–water partition coefficient (Wildman–Crippen LogP) is 2.67. The highest BCUT2D eigenvalue weighted by Crippen LogP contribution is 2.14. The maximum absolute atomic E-state index is 12.5. The van der Waals surface area contributed by atoms with E-state index in [1.807, 2.05) is 0 Å². The lowest BCUT2D eigenvalue weighted by atomic mass is 10.1. The molecule has 0 aliphatic heterocycles. The van der Waals surface area contributed by atoms with Gasteiger partial charge in [0.1, 0.15) is 12.5 Å². The summed E-state index contributed by atoms with van der Waals surface area (Å²) < 4.78 is 24.6. The summed E-state index contributed by atoms with van der Waals surface area (Å²) in [5, 5.41) is -0.775. The molecule has 0 unspecified atom stereocenters. The summed E-state index contributed by atoms with van der Waals surface area (Å²) in [5.74, 6) is -0.579. The molecule has 0 fully saturated rings. The molecule has 0 heterocycles. The minimum absolute atomic E-state index is 0.0144. The van der Waals surface area contributed by atoms with E-state index in [9.17, 15) is 13.6 Å². The van der Waals surface area contributed by atoms with Crippen LogP contribution in [-0.2, 0) is 6.67 Å². The van der Waals surface area contributed by atoms with E-state index in [1.165, 1.54) is 6.07 Å². The first-order valence-electron chi connectivity index (χ1n) is 3.19. The average Bonchev–Trinajstić information content (AvgIpc) is 2.03. The van der Waals surface area contributed by atoms with E-state index in [0.29, 0.717) is 0 Å². The van der Waals surface area contributed by atoms with Crippen LogP contribution in [0.5, 0.6) is 0 Å². The van der Waals surface area contributed by atoms with E-state index in [0.717, 1.165) is 12.1 Å². The van der Waals surface area contributed by atoms with Crippen molar-refractivity contribution in [3.8, 4) is 0 Å². The fourth-order valence-corrected chi connectivity index (χ4v) is 1.05. The monoisotopic (exact) mass is 190 g/mol. The first-order chi connectivity index (χ1) is 5.65. The highest BCUT2D eigenvalue weighted by Gasteiger charge is 2.08. The molecule has 0 aliphatic rings. The van der Waals surface area contributed by atoms with Crippen molar-refractivity contribution in [1.29, 1.82) is 0 Å². The lowest BCUT2D eigenvalue weighted by molar-refractivity contribution is 0.108. The molecule has 12 heavy (non-hydrogen) atoms. The van der Waals surface area contributed by atoms with Gasteiger partial charge in [0.15, 0.2) is 0 Å². The number of hydrogen-bond acceptors (Lipinski definition) is 1. The van der Waals surface area contributed by atoms with Gasteiger partial charge in [-0.25, -0.2) is 8.78 Å². The van der Waals surface area contributed by atoms with E-state index in [1.54, 1.807) is 0 Å². The Morgan fingerprint density at radius 2 is 2.17 bits per heavy atom. The third-order valence-electron chi connectivity index (χ3n) is 1.42. The number of hydrogen-bond donors (Lipinski definition) is 0. The molecule has 0 spiro atoms. The lowest BCUT2D eigenvalue weighted by Gasteiger charge is -2.00. The van der Waals surface area contributed by atoms with Gasteiger partial charge in [-0.2, -0.15) is 0 Å². The van der Waals surface area contributed by atoms with E-state index in [2.05, 4.69) is 0 Å². The fraction of sp³-hybridized carbons (Fsp3) is 0.125. The summed E-state index contributed by atoms with van der Waals surface area (Å²) in [6.07, 6.45) is 0. The zero-order valence-corrected chi connectivity index (χ0v) is 6.74. The van der Waals surface area contributed by atoms with Gasteiger partial charge in [-0.15, -0.1) is 0 Å². The highest BCUT2D eigenvalue weighted by molar-refractivity contribution is 6.67. The Labute approximate surface area is 73.0 Å². The molecular formula is C8H5ClF2O. The molecule has 0 aromatic heterocycles. The van der Waals surface area contributed by atoms with Crippen LogP contribution < -0.4 is 0 Å². The van der Waals surface area contributed by atoms with Crippen LogP contribution in [0.1, 0.15) is 15.9 Å². The Hall–Kier alpha value is -0.960. The van der Waals surface area contributed by atoms with Crippen LogP contribution >= 0.6 is 11.6 Å². The van der Waals surface area contributed by atoms with Crippen LogP contribution in [0.2, 0.25) is 0 Å². The van der Waals surface area contributed by atoms with E-state index in [4.69, 9.17) is 11.6 Å². The molecule has 1 aromatic carbocycles. The average molecular weight is 191 g/mol. The molecule has 0 saturated carbocycles. The molecule has 1 aromatic rings. The van der Waals surface area contributed by atoms with Crippen molar-refractivity contribution in [2.45, 2.75) is 6.67 Å². The van der Waals surface area contributed by atoms with Gasteiger partial charge in [0.2, 0.25) is 0 Å². The summed E-state index contributed by atoms with van der Waals surface area (Å²) in [6.45, 7) is -0.897. The molecule has 4 heteroatoms. The Morgan fingerprint density at radius 3 is 2.67 bits per heavy atom. The predicted molar refractivity (Wildman–Crippen MR) is 41.4 cm³/mol. The first-order valence-corrected chi connectivity index (χ1v) is 3.57. The van der Waals surface area contributed by atoms with Gasteiger partial charge in [-0.3, -0.25) is 4.79 Å². The number of carbonyl (C=O) groups excluding carboxylic acids is 1. The first kappa shape index (κ1) is 9.13. The van der Waals surface area contributed by atoms with Gasteiger partial charge < -0.3 is 0 Å². The maximum Gasteiger partial charge on any atom is 0.252 e. The summed E-state index contributed by atoms with van der Waals surface area (Å²) in [6, 6.07) is 3.18. The Kier molecular flexibility index (Phi) is 2.76. The smallest absolute Gasteiger partial charge is 0.252 e. The van der Waals surface area contributed by atoms with Crippen molar-refractivity contribution in [2.24, 2.45) is 0 Å². The molecule has 0 atom stereocenters. The second kappa shape index (κ2) is 3.63. The summed E-state index contributed by atoms with van der Waals surface area (Å²) in [4.78, 5) is 10.6. The standard InChI is InChI=1S/C8H5ClF2O/c9-8(12)7-2-1-6(11)3-5(7)4-10/h1-3H,4H2. The van der Waals surface area contributed by atoms with Crippen molar-refractivity contribution in [1.82, 2.24) is 0 Å². The molecule has 1 nitrogen and oxygen atoms in total. The molecule has 0 bridgehead atoms. The van der Waals surface area contributed by atoms with Crippen LogP contribution in [0.3, 0.4) is 0 Å². The maximum atomic E-state index is 12.5. The van der Waals surface area contributed by atoms with Gasteiger partial charge in [0.25, 0.3) is 5.24 Å². The van der Waals surface area contributed by atoms with Crippen molar-refractivity contribution in [2.75, 3.05) is 0 Å². The summed E-state index contributed by atoms with van der Waals surface area (Å²) in [7, 11) is 0. The minimum Gasteiger partial charge on any atom is -0.276 e. The molecule has 0 aliphatic carbocycles. The Bertz CT molecular complexity index is 312. The van der Waals surface area contributed by atoms with Crippen molar-refractivity contribution in [3.05, 3.63) is 35.1 Å². The number of halogens is 3. The second-order valence-corrected chi connectivity index (χ2v) is 2.55. The molecule has 64 valence electrons. The molecule has 0 radical (unpaired) electrons. The van der Waals surface area contributed by atoms with E-state index >= 15 is 0 Å². The highest BCUT2D eigenvalue weighted by atomic mass is 35.5. The Balaban J connectivity index is 3.20. The van der Waals surface area contributed by atoms with Gasteiger partial charge in [-0.1, -0.05) is 0 Å². The van der Waals surface area contributed by atoms with Gasteiger partial charge in [-0.05, 0) is 35.4 Å². The minimum atomic E-state index is -0.897. The third kappa shape index (κ3) is 1.80. The SMILES string of the molecule is O=C(Cl)c1ccc(F)cc1CF. The number of alkyl halides is 1. The van der Waals surface area contributed by atoms with Crippen LogP contribution in [0.15, 0.2) is 18.2 Å². The van der Waals surface area contributed by atoms with E-state index < -0.39 is 17.7 Å². The number of benzene rings is 1. The zero-order valence-electron chi connectivity index (χ0n) is 5.98. The largest absolute Gasteiger partial charge is 0.276 e. The topological polar surface area (TPSA) is 17.1 Å². The Morgan fingerprint density at radius 1 is 1.50 bits per heavy atom. The molecule has 0 saturated heterocycles. The normalized spacial score (nSPS) is 9.92. The molecule has 0 N–H and O–H groups in total. The van der Waals surface area contributed by atoms with Gasteiger partial charge >= 0.3 is 0 Å². The van der Waals surface area contributed by atoms with Gasteiger partial charge in [0, 0.05) is 5.56 Å². The van der Waals surface area contributed by atoms with Crippen LogP contribution in [0, 0.1) is 5.82 Å². The van der Waals surface area contributed by atoms with E-state index in [-0.39, 0.29) is 11.1 Å². The molecule has 1 rings (SSSR count). The van der Waals surface area contributed by atoms with Crippen molar-refractivity contribution < 1.29 is 13.6 Å². The summed E-state index contributed by atoms with van der Waals surface area (Å²) >= 11 is 5.11. The van der Waals surface area contributed by atoms with Gasteiger partial charge in [0.05, 0.1) is 0 Å². The quantitative estimate of drug-likeness (QED) is 0.656. The summed E-state index contributed by atoms with van der Waals surface area (Å²) in [5.41, 5.74) is -0.00410. The number of carbonyl (C=O) groups is 1.